The van der Waals surface area contributed by atoms with Crippen LogP contribution in [-0.2, 0) is 24.9 Å². The van der Waals surface area contributed by atoms with Gasteiger partial charge in [-0.25, -0.2) is 0 Å². The number of hydrogen-bond donors (Lipinski definition) is 1. The standard InChI is InChI=1S/C22H32N6O.HI/c1-23-22(28-7-6-20(17-28)21-14-25-26(2)16-21)24-13-18-4-3-5-19(12-18)15-27-8-10-29-11-9-27;/h3-5,12,14,16,20H,6-11,13,15,17H2,1-2H3,(H,23,24);1H. The SMILES string of the molecule is CN=C(NCc1cccc(CN2CCOCC2)c1)N1CCC(c2cnn(C)c2)C1.I. The maximum absolute atomic E-state index is 5.45. The number of morpholine rings is 1. The number of halogens is 1. The summed E-state index contributed by atoms with van der Waals surface area (Å²) in [5.41, 5.74) is 3.97. The van der Waals surface area contributed by atoms with Crippen molar-refractivity contribution in [1.82, 2.24) is 24.9 Å². The number of benzene rings is 1. The number of aryl methyl sites for hydroxylation is 1. The molecule has 1 unspecified atom stereocenters. The van der Waals surface area contributed by atoms with Crippen molar-refractivity contribution >= 4 is 29.9 Å². The topological polar surface area (TPSA) is 57.9 Å². The zero-order chi connectivity index (χ0) is 20.1. The molecule has 8 heteroatoms. The van der Waals surface area contributed by atoms with Crippen LogP contribution >= 0.6 is 24.0 Å². The summed E-state index contributed by atoms with van der Waals surface area (Å²) in [4.78, 5) is 9.34. The van der Waals surface area contributed by atoms with Crippen molar-refractivity contribution in [3.8, 4) is 0 Å². The fraction of sp³-hybridized carbons (Fsp3) is 0.545. The third-order valence-electron chi connectivity index (χ3n) is 5.85. The van der Waals surface area contributed by atoms with Crippen LogP contribution in [-0.4, -0.2) is 72.0 Å². The number of nitrogens with one attached hydrogen (secondary N) is 1. The molecule has 2 aliphatic heterocycles. The highest BCUT2D eigenvalue weighted by atomic mass is 127. The van der Waals surface area contributed by atoms with Gasteiger partial charge in [-0.15, -0.1) is 24.0 Å². The third kappa shape index (κ3) is 5.95. The van der Waals surface area contributed by atoms with E-state index in [0.29, 0.717) is 5.92 Å². The lowest BCUT2D eigenvalue weighted by atomic mass is 10.0. The Labute approximate surface area is 196 Å². The van der Waals surface area contributed by atoms with Gasteiger partial charge in [0.05, 0.1) is 19.4 Å². The zero-order valence-electron chi connectivity index (χ0n) is 18.0. The smallest absolute Gasteiger partial charge is 0.193 e. The van der Waals surface area contributed by atoms with E-state index in [0.717, 1.165) is 64.9 Å². The first kappa shape index (κ1) is 23.0. The van der Waals surface area contributed by atoms with E-state index in [9.17, 15) is 0 Å². The molecule has 164 valence electrons. The van der Waals surface area contributed by atoms with Gasteiger partial charge in [-0.05, 0) is 23.1 Å². The molecule has 2 saturated heterocycles. The number of likely N-dealkylation sites (tertiary alicyclic amines) is 1. The van der Waals surface area contributed by atoms with Crippen LogP contribution in [0.2, 0.25) is 0 Å². The van der Waals surface area contributed by atoms with Crippen molar-refractivity contribution in [2.45, 2.75) is 25.4 Å². The van der Waals surface area contributed by atoms with Crippen LogP contribution in [0, 0.1) is 0 Å². The molecular formula is C22H33IN6O. The lowest BCUT2D eigenvalue weighted by Crippen LogP contribution is -2.39. The van der Waals surface area contributed by atoms with Gasteiger partial charge in [-0.1, -0.05) is 24.3 Å². The van der Waals surface area contributed by atoms with Crippen molar-refractivity contribution < 1.29 is 4.74 Å². The molecule has 0 amide bonds. The fourth-order valence-electron chi connectivity index (χ4n) is 4.24. The van der Waals surface area contributed by atoms with Gasteiger partial charge in [-0.2, -0.15) is 5.10 Å². The maximum Gasteiger partial charge on any atom is 0.193 e. The Kier molecular flexibility index (Phi) is 8.52. The molecule has 1 N–H and O–H groups in total. The summed E-state index contributed by atoms with van der Waals surface area (Å²) in [6.07, 6.45) is 5.26. The van der Waals surface area contributed by atoms with Gasteiger partial charge in [0.15, 0.2) is 5.96 Å². The van der Waals surface area contributed by atoms with Crippen molar-refractivity contribution in [3.05, 3.63) is 53.3 Å². The number of hydrogen-bond acceptors (Lipinski definition) is 4. The van der Waals surface area contributed by atoms with E-state index in [2.05, 4.69) is 55.7 Å². The quantitative estimate of drug-likeness (QED) is 0.370. The first-order valence-electron chi connectivity index (χ1n) is 10.5. The van der Waals surface area contributed by atoms with Crippen LogP contribution in [0.5, 0.6) is 0 Å². The second-order valence-corrected chi connectivity index (χ2v) is 7.99. The predicted molar refractivity (Wildman–Crippen MR) is 130 cm³/mol. The minimum absolute atomic E-state index is 0. The van der Waals surface area contributed by atoms with Crippen molar-refractivity contribution in [1.29, 1.82) is 0 Å². The van der Waals surface area contributed by atoms with E-state index >= 15 is 0 Å². The Balaban J connectivity index is 0.00000256. The molecule has 7 nitrogen and oxygen atoms in total. The van der Waals surface area contributed by atoms with Gasteiger partial charge in [0.2, 0.25) is 0 Å². The van der Waals surface area contributed by atoms with Gasteiger partial charge >= 0.3 is 0 Å². The molecule has 3 heterocycles. The van der Waals surface area contributed by atoms with E-state index in [1.54, 1.807) is 0 Å². The Morgan fingerprint density at radius 2 is 2.03 bits per heavy atom. The van der Waals surface area contributed by atoms with E-state index in [1.807, 2.05) is 25.0 Å². The number of guanidine groups is 1. The number of rotatable bonds is 5. The fourth-order valence-corrected chi connectivity index (χ4v) is 4.24. The van der Waals surface area contributed by atoms with E-state index in [-0.39, 0.29) is 24.0 Å². The second kappa shape index (κ2) is 11.1. The summed E-state index contributed by atoms with van der Waals surface area (Å²) in [7, 11) is 3.85. The normalized spacial score (nSPS) is 20.3. The Morgan fingerprint density at radius 1 is 1.23 bits per heavy atom. The summed E-state index contributed by atoms with van der Waals surface area (Å²) in [6, 6.07) is 8.86. The molecule has 0 radical (unpaired) electrons. The molecule has 0 saturated carbocycles. The van der Waals surface area contributed by atoms with Crippen LogP contribution in [0.1, 0.15) is 29.0 Å². The molecule has 2 fully saturated rings. The van der Waals surface area contributed by atoms with E-state index in [1.165, 1.54) is 16.7 Å². The van der Waals surface area contributed by atoms with Gasteiger partial charge in [0.1, 0.15) is 0 Å². The summed E-state index contributed by atoms with van der Waals surface area (Å²) < 4.78 is 7.33. The monoisotopic (exact) mass is 524 g/mol. The predicted octanol–water partition coefficient (Wildman–Crippen LogP) is 2.44. The summed E-state index contributed by atoms with van der Waals surface area (Å²) >= 11 is 0. The number of aliphatic imine (C=N–C) groups is 1. The molecule has 1 aromatic carbocycles. The Morgan fingerprint density at radius 3 is 2.77 bits per heavy atom. The molecule has 0 bridgehead atoms. The second-order valence-electron chi connectivity index (χ2n) is 7.99. The minimum atomic E-state index is 0. The Hall–Kier alpha value is -1.65. The van der Waals surface area contributed by atoms with Crippen LogP contribution < -0.4 is 5.32 Å². The minimum Gasteiger partial charge on any atom is -0.379 e. The van der Waals surface area contributed by atoms with Gasteiger partial charge < -0.3 is 15.0 Å². The summed E-state index contributed by atoms with van der Waals surface area (Å²) in [5.74, 6) is 1.51. The van der Waals surface area contributed by atoms with Crippen molar-refractivity contribution in [3.63, 3.8) is 0 Å². The zero-order valence-corrected chi connectivity index (χ0v) is 20.3. The van der Waals surface area contributed by atoms with Crippen LogP contribution in [0.25, 0.3) is 0 Å². The van der Waals surface area contributed by atoms with Gasteiger partial charge in [0.25, 0.3) is 0 Å². The molecule has 1 atom stereocenters. The molecular weight excluding hydrogens is 491 g/mol. The molecule has 4 rings (SSSR count). The van der Waals surface area contributed by atoms with Crippen LogP contribution in [0.3, 0.4) is 0 Å². The summed E-state index contributed by atoms with van der Waals surface area (Å²) in [6.45, 7) is 7.51. The molecule has 1 aromatic heterocycles. The molecule has 0 aliphatic carbocycles. The van der Waals surface area contributed by atoms with Crippen molar-refractivity contribution in [2.75, 3.05) is 46.4 Å². The lowest BCUT2D eigenvalue weighted by Gasteiger charge is -2.26. The average molecular weight is 524 g/mol. The number of aromatic nitrogens is 2. The number of ether oxygens (including phenoxy) is 1. The van der Waals surface area contributed by atoms with Gasteiger partial charge in [-0.3, -0.25) is 14.6 Å². The van der Waals surface area contributed by atoms with Crippen molar-refractivity contribution in [2.24, 2.45) is 12.0 Å². The summed E-state index contributed by atoms with van der Waals surface area (Å²) in [5, 5.41) is 7.88. The highest BCUT2D eigenvalue weighted by Gasteiger charge is 2.26. The number of nitrogens with zero attached hydrogens (tertiary/aromatic N) is 5. The average Bonchev–Trinajstić information content (AvgIpc) is 3.39. The molecule has 30 heavy (non-hydrogen) atoms. The van der Waals surface area contributed by atoms with E-state index < -0.39 is 0 Å². The molecule has 2 aliphatic rings. The highest BCUT2D eigenvalue weighted by molar-refractivity contribution is 14.0. The van der Waals surface area contributed by atoms with E-state index in [4.69, 9.17) is 4.74 Å². The van der Waals surface area contributed by atoms with Crippen LogP contribution in [0.4, 0.5) is 0 Å². The molecule has 0 spiro atoms. The third-order valence-corrected chi connectivity index (χ3v) is 5.85. The lowest BCUT2D eigenvalue weighted by molar-refractivity contribution is 0.0342. The Bertz CT molecular complexity index is 833. The first-order chi connectivity index (χ1) is 14.2. The highest BCUT2D eigenvalue weighted by Crippen LogP contribution is 2.26. The molecule has 2 aromatic rings. The first-order valence-corrected chi connectivity index (χ1v) is 10.5. The largest absolute Gasteiger partial charge is 0.379 e. The maximum atomic E-state index is 5.45. The van der Waals surface area contributed by atoms with Crippen LogP contribution in [0.15, 0.2) is 41.7 Å². The van der Waals surface area contributed by atoms with Gasteiger partial charge in [0, 0.05) is 65.5 Å².